The smallest absolute Gasteiger partial charge is 0.246 e. The Balaban J connectivity index is 1.69. The van der Waals surface area contributed by atoms with E-state index in [9.17, 15) is 9.59 Å². The van der Waals surface area contributed by atoms with E-state index in [4.69, 9.17) is 0 Å². The summed E-state index contributed by atoms with van der Waals surface area (Å²) in [4.78, 5) is 24.6. The molecule has 3 rings (SSSR count). The topological polar surface area (TPSA) is 76.0 Å². The fraction of sp³-hybridized carbons (Fsp3) is 0.150. The van der Waals surface area contributed by atoms with E-state index in [1.807, 2.05) is 66.7 Å². The minimum absolute atomic E-state index is 0.0349. The van der Waals surface area contributed by atoms with E-state index in [0.29, 0.717) is 0 Å². The number of likely N-dealkylation sites (N-methyl/N-ethyl adjacent to an activating group) is 1. The molecule has 6 nitrogen and oxygen atoms in total. The lowest BCUT2D eigenvalue weighted by Crippen LogP contribution is -2.40. The number of carbonyl (C=O) groups excluding carboxylic acids is 2. The number of amides is 2. The predicted molar refractivity (Wildman–Crippen MR) is 99.1 cm³/mol. The van der Waals surface area contributed by atoms with Crippen LogP contribution < -0.4 is 10.6 Å². The molecule has 132 valence electrons. The second-order valence-corrected chi connectivity index (χ2v) is 5.79. The molecule has 0 unspecified atom stereocenters. The van der Waals surface area contributed by atoms with E-state index in [1.54, 1.807) is 17.9 Å². The number of benzene rings is 2. The van der Waals surface area contributed by atoms with Crippen LogP contribution in [-0.2, 0) is 16.1 Å². The molecular formula is C20H20N4O2. The molecule has 2 amide bonds. The molecule has 0 saturated carbocycles. The Morgan fingerprint density at radius 1 is 1.00 bits per heavy atom. The molecule has 0 bridgehead atoms. The molecule has 1 atom stereocenters. The Labute approximate surface area is 151 Å². The highest BCUT2D eigenvalue weighted by Gasteiger charge is 2.21. The largest absolute Gasteiger partial charge is 0.357 e. The first kappa shape index (κ1) is 17.4. The van der Waals surface area contributed by atoms with E-state index in [2.05, 4.69) is 15.7 Å². The summed E-state index contributed by atoms with van der Waals surface area (Å²) in [5.41, 5.74) is 2.51. The van der Waals surface area contributed by atoms with Crippen molar-refractivity contribution < 1.29 is 9.59 Å². The normalized spacial score (nSPS) is 11.6. The summed E-state index contributed by atoms with van der Waals surface area (Å²) >= 11 is 0. The molecule has 0 saturated heterocycles. The molecule has 1 aromatic heterocycles. The monoisotopic (exact) mass is 348 g/mol. The third-order valence-electron chi connectivity index (χ3n) is 3.96. The van der Waals surface area contributed by atoms with Crippen LogP contribution in [0.1, 0.15) is 11.6 Å². The van der Waals surface area contributed by atoms with Crippen molar-refractivity contribution in [2.75, 3.05) is 7.05 Å². The van der Waals surface area contributed by atoms with Crippen LogP contribution in [0.3, 0.4) is 0 Å². The first-order valence-corrected chi connectivity index (χ1v) is 8.32. The van der Waals surface area contributed by atoms with Gasteiger partial charge in [-0.2, -0.15) is 5.10 Å². The van der Waals surface area contributed by atoms with Crippen LogP contribution in [0, 0.1) is 0 Å². The molecule has 2 N–H and O–H groups in total. The van der Waals surface area contributed by atoms with Gasteiger partial charge < -0.3 is 10.6 Å². The molecule has 0 radical (unpaired) electrons. The lowest BCUT2D eigenvalue weighted by atomic mass is 10.1. The zero-order chi connectivity index (χ0) is 18.4. The van der Waals surface area contributed by atoms with Gasteiger partial charge in [-0.15, -0.1) is 0 Å². The molecule has 1 heterocycles. The molecule has 0 spiro atoms. The van der Waals surface area contributed by atoms with Gasteiger partial charge in [0.1, 0.15) is 12.6 Å². The number of carbonyl (C=O) groups is 2. The van der Waals surface area contributed by atoms with E-state index < -0.39 is 6.04 Å². The summed E-state index contributed by atoms with van der Waals surface area (Å²) in [5.74, 6) is -0.555. The number of nitrogens with zero attached hydrogens (tertiary/aromatic N) is 2. The average Bonchev–Trinajstić information content (AvgIpc) is 3.15. The number of nitrogens with one attached hydrogen (secondary N) is 2. The number of hydrogen-bond acceptors (Lipinski definition) is 3. The van der Waals surface area contributed by atoms with Crippen LogP contribution in [0.25, 0.3) is 11.3 Å². The molecular weight excluding hydrogens is 328 g/mol. The number of hydrogen-bond donors (Lipinski definition) is 2. The van der Waals surface area contributed by atoms with Crippen molar-refractivity contribution in [3.05, 3.63) is 78.5 Å². The van der Waals surface area contributed by atoms with Gasteiger partial charge in [0.05, 0.1) is 5.69 Å². The quantitative estimate of drug-likeness (QED) is 0.717. The van der Waals surface area contributed by atoms with Crippen molar-refractivity contribution >= 4 is 11.8 Å². The third-order valence-corrected chi connectivity index (χ3v) is 3.96. The lowest BCUT2D eigenvalue weighted by Gasteiger charge is -2.17. The maximum absolute atomic E-state index is 12.4. The second-order valence-electron chi connectivity index (χ2n) is 5.79. The van der Waals surface area contributed by atoms with Crippen molar-refractivity contribution in [3.8, 4) is 11.3 Å². The van der Waals surface area contributed by atoms with Gasteiger partial charge >= 0.3 is 0 Å². The van der Waals surface area contributed by atoms with Gasteiger partial charge in [0.15, 0.2) is 0 Å². The van der Waals surface area contributed by atoms with Crippen LogP contribution in [0.15, 0.2) is 72.9 Å². The number of aromatic nitrogens is 2. The maximum atomic E-state index is 12.4. The summed E-state index contributed by atoms with van der Waals surface area (Å²) in [6.45, 7) is 0.0349. The molecule has 6 heteroatoms. The summed E-state index contributed by atoms with van der Waals surface area (Å²) in [5, 5.41) is 9.77. The zero-order valence-electron chi connectivity index (χ0n) is 14.4. The van der Waals surface area contributed by atoms with Crippen molar-refractivity contribution in [2.24, 2.45) is 0 Å². The van der Waals surface area contributed by atoms with Crippen LogP contribution >= 0.6 is 0 Å². The van der Waals surface area contributed by atoms with Crippen LogP contribution in [-0.4, -0.2) is 28.6 Å². The third kappa shape index (κ3) is 4.16. The molecule has 2 aromatic carbocycles. The molecule has 0 fully saturated rings. The highest BCUT2D eigenvalue weighted by Crippen LogP contribution is 2.16. The Hall–Kier alpha value is -3.41. The minimum atomic E-state index is -0.738. The fourth-order valence-corrected chi connectivity index (χ4v) is 2.66. The van der Waals surface area contributed by atoms with Crippen molar-refractivity contribution in [1.29, 1.82) is 0 Å². The lowest BCUT2D eigenvalue weighted by molar-refractivity contribution is -0.129. The Bertz CT molecular complexity index is 875. The van der Waals surface area contributed by atoms with Crippen LogP contribution in [0.4, 0.5) is 0 Å². The Morgan fingerprint density at radius 3 is 2.31 bits per heavy atom. The van der Waals surface area contributed by atoms with Crippen molar-refractivity contribution in [2.45, 2.75) is 12.6 Å². The van der Waals surface area contributed by atoms with Crippen LogP contribution in [0.2, 0.25) is 0 Å². The molecule has 0 aliphatic heterocycles. The van der Waals surface area contributed by atoms with Crippen LogP contribution in [0.5, 0.6) is 0 Å². The van der Waals surface area contributed by atoms with Gasteiger partial charge in [-0.3, -0.25) is 14.3 Å². The summed E-state index contributed by atoms with van der Waals surface area (Å²) in [6, 6.07) is 20.0. The molecule has 0 aliphatic carbocycles. The van der Waals surface area contributed by atoms with Crippen molar-refractivity contribution in [3.63, 3.8) is 0 Å². The standard InChI is InChI=1S/C20H20N4O2/c1-21-20(26)19(16-10-6-3-7-11-16)22-18(25)14-24-13-12-17(23-24)15-8-4-2-5-9-15/h2-13,19H,14H2,1H3,(H,21,26)(H,22,25)/t19-/m1/s1. The highest BCUT2D eigenvalue weighted by atomic mass is 16.2. The first-order valence-electron chi connectivity index (χ1n) is 8.32. The molecule has 26 heavy (non-hydrogen) atoms. The zero-order valence-corrected chi connectivity index (χ0v) is 14.4. The highest BCUT2D eigenvalue weighted by molar-refractivity contribution is 5.88. The summed E-state index contributed by atoms with van der Waals surface area (Å²) in [7, 11) is 1.55. The van der Waals surface area contributed by atoms with Gasteiger partial charge in [-0.05, 0) is 11.6 Å². The van der Waals surface area contributed by atoms with Gasteiger partial charge in [0.25, 0.3) is 0 Å². The van der Waals surface area contributed by atoms with E-state index in [-0.39, 0.29) is 18.4 Å². The molecule has 3 aromatic rings. The van der Waals surface area contributed by atoms with Crippen molar-refractivity contribution in [1.82, 2.24) is 20.4 Å². The van der Waals surface area contributed by atoms with E-state index >= 15 is 0 Å². The summed E-state index contributed by atoms with van der Waals surface area (Å²) in [6.07, 6.45) is 1.75. The summed E-state index contributed by atoms with van der Waals surface area (Å²) < 4.78 is 1.56. The van der Waals surface area contributed by atoms with Gasteiger partial charge in [0.2, 0.25) is 11.8 Å². The van der Waals surface area contributed by atoms with Gasteiger partial charge in [-0.25, -0.2) is 0 Å². The fourth-order valence-electron chi connectivity index (χ4n) is 2.66. The van der Waals surface area contributed by atoms with E-state index in [0.717, 1.165) is 16.8 Å². The SMILES string of the molecule is CNC(=O)[C@H](NC(=O)Cn1ccc(-c2ccccc2)n1)c1ccccc1. The first-order chi connectivity index (χ1) is 12.7. The average molecular weight is 348 g/mol. The van der Waals surface area contributed by atoms with E-state index in [1.165, 1.54) is 0 Å². The maximum Gasteiger partial charge on any atom is 0.246 e. The number of rotatable bonds is 6. The second kappa shape index (κ2) is 8.11. The predicted octanol–water partition coefficient (Wildman–Crippen LogP) is 2.15. The Kier molecular flexibility index (Phi) is 5.43. The van der Waals surface area contributed by atoms with Gasteiger partial charge in [-0.1, -0.05) is 60.7 Å². The van der Waals surface area contributed by atoms with Gasteiger partial charge in [0, 0.05) is 18.8 Å². The molecule has 0 aliphatic rings. The Morgan fingerprint density at radius 2 is 1.65 bits per heavy atom. The minimum Gasteiger partial charge on any atom is -0.357 e.